The fourth-order valence-corrected chi connectivity index (χ4v) is 9.47. The molecule has 0 N–H and O–H groups in total. The monoisotopic (exact) mass is 890 g/mol. The third-order valence-electron chi connectivity index (χ3n) is 12.5. The lowest BCUT2D eigenvalue weighted by Crippen LogP contribution is -2.16. The van der Waals surface area contributed by atoms with Crippen LogP contribution in [0.25, 0.3) is 32.3 Å². The fourth-order valence-electron chi connectivity index (χ4n) is 9.47. The molecule has 330 valence electrons. The minimum absolute atomic E-state index is 0.591. The lowest BCUT2D eigenvalue weighted by atomic mass is 9.89. The van der Waals surface area contributed by atoms with Crippen LogP contribution in [-0.2, 0) is 0 Å². The molecule has 0 spiro atoms. The fraction of sp³-hybridized carbons (Fsp3) is 0.0714. The number of hydrogen-bond donors (Lipinski definition) is 0. The van der Waals surface area contributed by atoms with Gasteiger partial charge < -0.3 is 17.7 Å². The summed E-state index contributed by atoms with van der Waals surface area (Å²) in [4.78, 5) is 27.0. The van der Waals surface area contributed by atoms with Gasteiger partial charge in [-0.2, -0.15) is 0 Å². The van der Waals surface area contributed by atoms with E-state index in [-0.39, 0.29) is 0 Å². The van der Waals surface area contributed by atoms with Gasteiger partial charge in [-0.05, 0) is 88.4 Å². The van der Waals surface area contributed by atoms with Crippen LogP contribution in [0.2, 0.25) is 0 Å². The molecule has 8 aromatic carbocycles. The maximum atomic E-state index is 6.33. The molecule has 0 unspecified atom stereocenters. The second-order valence-corrected chi connectivity index (χ2v) is 16.6. The average molecular weight is 891 g/mol. The second kappa shape index (κ2) is 16.4. The molecular formula is C56H42N8O4. The van der Waals surface area contributed by atoms with E-state index in [4.69, 9.17) is 17.7 Å². The third kappa shape index (κ3) is 6.52. The Morgan fingerprint density at radius 2 is 0.515 bits per heavy atom. The standard InChI is InChI=1S/C56H42N8O4/c1-35-53(65-31-57-35)61(39-17-9-5-10-18-39)47-29-48(62(40-19-11-6-12-20-40)54-36(2)58-32-66-54)44-27-28-46-50(64(42-23-15-8-16-24-42)56-38(4)60-34-68-56)30-49(45-26-25-43(47)51(44)52(45)46)63(41-21-13-7-14-22-41)55-37(3)59-33-67-55/h5-34H,1-4H3. The minimum atomic E-state index is 0.591. The van der Waals surface area contributed by atoms with Crippen LogP contribution in [-0.4, -0.2) is 19.9 Å². The number of nitrogens with zero attached hydrogens (tertiary/aromatic N) is 8. The number of aryl methyl sites for hydroxylation is 4. The van der Waals surface area contributed by atoms with Crippen LogP contribution in [0.3, 0.4) is 0 Å². The quantitative estimate of drug-likeness (QED) is 0.109. The Morgan fingerprint density at radius 3 is 0.706 bits per heavy atom. The van der Waals surface area contributed by atoms with Crippen molar-refractivity contribution in [3.05, 3.63) is 206 Å². The van der Waals surface area contributed by atoms with Crippen LogP contribution in [0.1, 0.15) is 22.8 Å². The zero-order valence-electron chi connectivity index (χ0n) is 37.5. The molecule has 0 aliphatic heterocycles. The topological polar surface area (TPSA) is 117 Å². The van der Waals surface area contributed by atoms with Crippen LogP contribution in [0.4, 0.5) is 69.0 Å². The molecular weight excluding hydrogens is 849 g/mol. The van der Waals surface area contributed by atoms with E-state index < -0.39 is 0 Å². The van der Waals surface area contributed by atoms with E-state index >= 15 is 0 Å². The first kappa shape index (κ1) is 40.4. The van der Waals surface area contributed by atoms with E-state index in [0.717, 1.165) is 101 Å². The van der Waals surface area contributed by atoms with Crippen molar-refractivity contribution in [2.45, 2.75) is 27.7 Å². The Morgan fingerprint density at radius 1 is 0.294 bits per heavy atom. The third-order valence-corrected chi connectivity index (χ3v) is 12.5. The van der Waals surface area contributed by atoms with E-state index in [1.165, 1.54) is 25.6 Å². The molecule has 4 heterocycles. The lowest BCUT2D eigenvalue weighted by molar-refractivity contribution is 0.562. The van der Waals surface area contributed by atoms with Gasteiger partial charge in [-0.15, -0.1) is 0 Å². The number of anilines is 12. The molecule has 0 amide bonds. The molecule has 12 heteroatoms. The molecule has 12 nitrogen and oxygen atoms in total. The zero-order valence-corrected chi connectivity index (χ0v) is 37.5. The van der Waals surface area contributed by atoms with Crippen LogP contribution in [0, 0.1) is 27.7 Å². The number of oxazole rings is 4. The van der Waals surface area contributed by atoms with Gasteiger partial charge in [0.05, 0.1) is 22.7 Å². The summed E-state index contributed by atoms with van der Waals surface area (Å²) in [5, 5.41) is 5.87. The van der Waals surface area contributed by atoms with Gasteiger partial charge in [0.1, 0.15) is 22.8 Å². The first-order chi connectivity index (χ1) is 33.4. The van der Waals surface area contributed by atoms with E-state index in [2.05, 4.69) is 124 Å². The average Bonchev–Trinajstić information content (AvgIpc) is 4.21. The predicted molar refractivity (Wildman–Crippen MR) is 268 cm³/mol. The Hall–Kier alpha value is -9.16. The van der Waals surface area contributed by atoms with E-state index in [0.29, 0.717) is 23.5 Å². The highest BCUT2D eigenvalue weighted by Gasteiger charge is 2.32. The highest BCUT2D eigenvalue weighted by molar-refractivity contribution is 6.33. The molecule has 0 saturated heterocycles. The number of rotatable bonds is 12. The van der Waals surface area contributed by atoms with E-state index in [1.54, 1.807) is 0 Å². The van der Waals surface area contributed by atoms with Gasteiger partial charge >= 0.3 is 0 Å². The van der Waals surface area contributed by atoms with Crippen molar-refractivity contribution in [1.82, 2.24) is 19.9 Å². The molecule has 0 atom stereocenters. The normalized spacial score (nSPS) is 11.5. The summed E-state index contributed by atoms with van der Waals surface area (Å²) in [6, 6.07) is 54.3. The first-order valence-electron chi connectivity index (χ1n) is 22.2. The molecule has 12 rings (SSSR count). The van der Waals surface area contributed by atoms with Crippen LogP contribution in [0.5, 0.6) is 0 Å². The summed E-state index contributed by atoms with van der Waals surface area (Å²) >= 11 is 0. The molecule has 0 saturated carbocycles. The highest BCUT2D eigenvalue weighted by atomic mass is 16.4. The number of benzene rings is 8. The zero-order chi connectivity index (χ0) is 45.9. The summed E-state index contributed by atoms with van der Waals surface area (Å²) in [5.74, 6) is 2.36. The Balaban J connectivity index is 1.29. The van der Waals surface area contributed by atoms with Gasteiger partial charge in [-0.3, -0.25) is 19.6 Å². The summed E-state index contributed by atoms with van der Waals surface area (Å²) in [5.41, 5.74) is 9.93. The molecule has 12 aromatic rings. The minimum Gasteiger partial charge on any atom is -0.427 e. The predicted octanol–water partition coefficient (Wildman–Crippen LogP) is 15.6. The molecule has 0 radical (unpaired) electrons. The summed E-state index contributed by atoms with van der Waals surface area (Å²) in [6.45, 7) is 7.86. The molecule has 0 bridgehead atoms. The van der Waals surface area contributed by atoms with Crippen molar-refractivity contribution in [2.75, 3.05) is 19.6 Å². The molecule has 0 fully saturated rings. The van der Waals surface area contributed by atoms with Crippen molar-refractivity contribution >= 4 is 101 Å². The first-order valence-corrected chi connectivity index (χ1v) is 22.2. The van der Waals surface area contributed by atoms with Crippen LogP contribution < -0.4 is 19.6 Å². The van der Waals surface area contributed by atoms with Gasteiger partial charge in [0, 0.05) is 55.1 Å². The van der Waals surface area contributed by atoms with Gasteiger partial charge in [0.2, 0.25) is 23.5 Å². The Bertz CT molecular complexity index is 3240. The van der Waals surface area contributed by atoms with Gasteiger partial charge in [0.15, 0.2) is 25.6 Å². The Labute approximate surface area is 390 Å². The maximum Gasteiger partial charge on any atom is 0.227 e. The molecule has 68 heavy (non-hydrogen) atoms. The number of hydrogen-bond acceptors (Lipinski definition) is 12. The van der Waals surface area contributed by atoms with Crippen LogP contribution >= 0.6 is 0 Å². The number of aromatic nitrogens is 4. The van der Waals surface area contributed by atoms with Crippen LogP contribution in [0.15, 0.2) is 201 Å². The van der Waals surface area contributed by atoms with Gasteiger partial charge in [-0.1, -0.05) is 97.1 Å². The lowest BCUT2D eigenvalue weighted by Gasteiger charge is -2.32. The molecule has 0 aliphatic carbocycles. The van der Waals surface area contributed by atoms with Gasteiger partial charge in [0.25, 0.3) is 0 Å². The van der Waals surface area contributed by atoms with E-state index in [9.17, 15) is 0 Å². The second-order valence-electron chi connectivity index (χ2n) is 16.6. The van der Waals surface area contributed by atoms with Crippen molar-refractivity contribution in [3.63, 3.8) is 0 Å². The Kier molecular flexibility index (Phi) is 9.72. The molecule has 4 aromatic heterocycles. The molecule has 0 aliphatic rings. The number of para-hydroxylation sites is 4. The smallest absolute Gasteiger partial charge is 0.227 e. The summed E-state index contributed by atoms with van der Waals surface area (Å²) < 4.78 is 25.3. The largest absolute Gasteiger partial charge is 0.427 e. The summed E-state index contributed by atoms with van der Waals surface area (Å²) in [7, 11) is 0. The van der Waals surface area contributed by atoms with Crippen molar-refractivity contribution in [3.8, 4) is 0 Å². The van der Waals surface area contributed by atoms with Gasteiger partial charge in [-0.25, -0.2) is 19.9 Å². The van der Waals surface area contributed by atoms with E-state index in [1.807, 2.05) is 100 Å². The van der Waals surface area contributed by atoms with Crippen molar-refractivity contribution < 1.29 is 17.7 Å². The SMILES string of the molecule is Cc1ncoc1N(c1ccccc1)c1cc(N(c2ccccc2)c2ocnc2C)c2ccc3c(N(c4ccccc4)c4ocnc4C)cc(N(c4ccccc4)c4ocnc4C)c4ccc1c2c43. The maximum absolute atomic E-state index is 6.33. The van der Waals surface area contributed by atoms with Crippen molar-refractivity contribution in [2.24, 2.45) is 0 Å². The summed E-state index contributed by atoms with van der Waals surface area (Å²) in [6.07, 6.45) is 5.99. The highest BCUT2D eigenvalue weighted by Crippen LogP contribution is 2.55. The van der Waals surface area contributed by atoms with Crippen molar-refractivity contribution in [1.29, 1.82) is 0 Å².